The van der Waals surface area contributed by atoms with Gasteiger partial charge in [0.15, 0.2) is 0 Å². The third-order valence-corrected chi connectivity index (χ3v) is 9.61. The second-order valence-corrected chi connectivity index (χ2v) is 14.6. The SMILES string of the molecule is CCC(=O)NCCCC[C@H](NC)C(C)=O.CCC(=O)NCCCC[C@H](NC)C(C)=O.CCC(=O)NCCCC[C@H](NC)C(C)=O.CCC(=O)NCCCC[C@H](NC)C(C)=O. The van der Waals surface area contributed by atoms with Crippen LogP contribution < -0.4 is 42.5 Å². The summed E-state index contributed by atoms with van der Waals surface area (Å²) in [5.41, 5.74) is 0. The van der Waals surface area contributed by atoms with Gasteiger partial charge in [0.2, 0.25) is 23.6 Å². The number of hydrogen-bond acceptors (Lipinski definition) is 12. The fraction of sp³-hybridized carbons (Fsp3) is 0.818. The van der Waals surface area contributed by atoms with Crippen LogP contribution in [0.1, 0.15) is 158 Å². The van der Waals surface area contributed by atoms with Crippen molar-refractivity contribution in [3.63, 3.8) is 0 Å². The lowest BCUT2D eigenvalue weighted by Crippen LogP contribution is -2.32. The van der Waals surface area contributed by atoms with Crippen molar-refractivity contribution < 1.29 is 38.4 Å². The molecule has 0 aromatic carbocycles. The molecule has 0 fully saturated rings. The zero-order valence-electron chi connectivity index (χ0n) is 39.7. The second-order valence-electron chi connectivity index (χ2n) is 14.6. The molecule has 0 saturated carbocycles. The molecule has 0 aromatic rings. The molecule has 0 aromatic heterocycles. The normalized spacial score (nSPS) is 12.2. The third kappa shape index (κ3) is 42.5. The molecule has 60 heavy (non-hydrogen) atoms. The van der Waals surface area contributed by atoms with Crippen molar-refractivity contribution in [1.29, 1.82) is 0 Å². The van der Waals surface area contributed by atoms with Gasteiger partial charge in [-0.3, -0.25) is 38.4 Å². The average Bonchev–Trinajstić information content (AvgIpc) is 3.22. The van der Waals surface area contributed by atoms with Gasteiger partial charge in [-0.1, -0.05) is 27.7 Å². The summed E-state index contributed by atoms with van der Waals surface area (Å²) in [4.78, 5) is 87.8. The van der Waals surface area contributed by atoms with Crippen molar-refractivity contribution >= 4 is 46.8 Å². The minimum atomic E-state index is -0.0353. The van der Waals surface area contributed by atoms with E-state index in [9.17, 15) is 38.4 Å². The minimum absolute atomic E-state index is 0.0353. The van der Waals surface area contributed by atoms with Crippen LogP contribution in [0.2, 0.25) is 0 Å². The van der Waals surface area contributed by atoms with Crippen LogP contribution in [0, 0.1) is 0 Å². The molecule has 8 N–H and O–H groups in total. The standard InChI is InChI=1S/4C11H22N2O2/c4*1-4-11(15)13-8-6-5-7-10(12-3)9(2)14/h4*10,12H,4-8H2,1-3H3,(H,13,15)/t4*10-/m0000/s1. The first kappa shape index (κ1) is 63.0. The number of unbranched alkanes of at least 4 members (excludes halogenated alkanes) is 4. The summed E-state index contributed by atoms with van der Waals surface area (Å²) in [6.45, 7) is 16.6. The largest absolute Gasteiger partial charge is 0.356 e. The Labute approximate surface area is 363 Å². The Kier molecular flexibility index (Phi) is 47.2. The highest BCUT2D eigenvalue weighted by Crippen LogP contribution is 2.04. The maximum atomic E-state index is 11.1. The lowest BCUT2D eigenvalue weighted by Gasteiger charge is -2.12. The first-order valence-corrected chi connectivity index (χ1v) is 22.2. The zero-order chi connectivity index (χ0) is 46.7. The van der Waals surface area contributed by atoms with Gasteiger partial charge in [0.05, 0.1) is 24.2 Å². The summed E-state index contributed by atoms with van der Waals surface area (Å²) in [6.07, 6.45) is 13.0. The quantitative estimate of drug-likeness (QED) is 0.0455. The summed E-state index contributed by atoms with van der Waals surface area (Å²) in [5, 5.41) is 23.1. The van der Waals surface area contributed by atoms with Gasteiger partial charge in [-0.2, -0.15) is 0 Å². The molecule has 0 spiro atoms. The molecule has 0 bridgehead atoms. The number of amides is 4. The fourth-order valence-electron chi connectivity index (χ4n) is 5.51. The van der Waals surface area contributed by atoms with E-state index < -0.39 is 0 Å². The first-order chi connectivity index (χ1) is 28.5. The third-order valence-electron chi connectivity index (χ3n) is 9.61. The molecule has 16 heteroatoms. The molecule has 0 radical (unpaired) electrons. The fourth-order valence-corrected chi connectivity index (χ4v) is 5.51. The molecule has 0 aliphatic heterocycles. The zero-order valence-corrected chi connectivity index (χ0v) is 39.7. The van der Waals surface area contributed by atoms with Crippen molar-refractivity contribution in [2.24, 2.45) is 0 Å². The molecule has 352 valence electrons. The van der Waals surface area contributed by atoms with Crippen molar-refractivity contribution in [3.05, 3.63) is 0 Å². The Morgan fingerprint density at radius 3 is 0.600 bits per heavy atom. The molecule has 0 unspecified atom stereocenters. The van der Waals surface area contributed by atoms with Gasteiger partial charge in [0, 0.05) is 51.9 Å². The van der Waals surface area contributed by atoms with Crippen LogP contribution in [-0.2, 0) is 38.4 Å². The van der Waals surface area contributed by atoms with Crippen molar-refractivity contribution in [2.75, 3.05) is 54.4 Å². The van der Waals surface area contributed by atoms with Gasteiger partial charge in [-0.05, 0) is 133 Å². The number of Topliss-reactive ketones (excluding diaryl/α,β-unsaturated/α-hetero) is 4. The number of carbonyl (C=O) groups excluding carboxylic acids is 8. The van der Waals surface area contributed by atoms with Crippen molar-refractivity contribution in [1.82, 2.24) is 42.5 Å². The number of carbonyl (C=O) groups is 8. The van der Waals surface area contributed by atoms with Gasteiger partial charge in [-0.15, -0.1) is 0 Å². The van der Waals surface area contributed by atoms with E-state index in [1.54, 1.807) is 55.9 Å². The predicted molar refractivity (Wildman–Crippen MR) is 243 cm³/mol. The molecule has 0 aliphatic carbocycles. The van der Waals surface area contributed by atoms with E-state index >= 15 is 0 Å². The van der Waals surface area contributed by atoms with Gasteiger partial charge in [-0.25, -0.2) is 0 Å². The van der Waals surface area contributed by atoms with E-state index in [-0.39, 0.29) is 70.9 Å². The Balaban J connectivity index is -0.000000348. The number of rotatable bonds is 32. The first-order valence-electron chi connectivity index (χ1n) is 22.2. The second kappa shape index (κ2) is 44.9. The number of hydrogen-bond donors (Lipinski definition) is 8. The average molecular weight is 857 g/mol. The highest BCUT2D eigenvalue weighted by Gasteiger charge is 2.13. The minimum Gasteiger partial charge on any atom is -0.356 e. The molecular formula is C44H88N8O8. The predicted octanol–water partition coefficient (Wildman–Crippen LogP) is 3.44. The summed E-state index contributed by atoms with van der Waals surface area (Å²) < 4.78 is 0. The molecular weight excluding hydrogens is 769 g/mol. The molecule has 0 rings (SSSR count). The Morgan fingerprint density at radius 1 is 0.317 bits per heavy atom. The van der Waals surface area contributed by atoms with Gasteiger partial charge in [0.25, 0.3) is 0 Å². The Bertz CT molecular complexity index is 995. The van der Waals surface area contributed by atoms with E-state index in [0.717, 1.165) is 77.0 Å². The molecule has 0 saturated heterocycles. The Morgan fingerprint density at radius 2 is 0.483 bits per heavy atom. The lowest BCUT2D eigenvalue weighted by molar-refractivity contribution is -0.121. The van der Waals surface area contributed by atoms with E-state index in [1.807, 2.05) is 27.7 Å². The highest BCUT2D eigenvalue weighted by molar-refractivity contribution is 5.82. The van der Waals surface area contributed by atoms with Crippen LogP contribution in [0.5, 0.6) is 0 Å². The lowest BCUT2D eigenvalue weighted by atomic mass is 10.1. The molecule has 0 heterocycles. The van der Waals surface area contributed by atoms with E-state index in [1.165, 1.54) is 0 Å². The number of likely N-dealkylation sites (N-methyl/N-ethyl adjacent to an activating group) is 4. The summed E-state index contributed by atoms with van der Waals surface area (Å²) in [5.74, 6) is 1.06. The molecule has 16 nitrogen and oxygen atoms in total. The van der Waals surface area contributed by atoms with Crippen LogP contribution >= 0.6 is 0 Å². The maximum absolute atomic E-state index is 11.1. The van der Waals surface area contributed by atoms with Gasteiger partial charge in [0.1, 0.15) is 23.1 Å². The van der Waals surface area contributed by atoms with Crippen molar-refractivity contribution in [3.8, 4) is 0 Å². The number of nitrogens with one attached hydrogen (secondary N) is 8. The van der Waals surface area contributed by atoms with Crippen LogP contribution in [0.25, 0.3) is 0 Å². The molecule has 4 atom stereocenters. The van der Waals surface area contributed by atoms with E-state index in [4.69, 9.17) is 0 Å². The van der Waals surface area contributed by atoms with Crippen LogP contribution in [-0.4, -0.2) is 125 Å². The van der Waals surface area contributed by atoms with Crippen LogP contribution in [0.15, 0.2) is 0 Å². The summed E-state index contributed by atoms with van der Waals surface area (Å²) in [7, 11) is 7.19. The highest BCUT2D eigenvalue weighted by atomic mass is 16.2. The number of ketones is 4. The summed E-state index contributed by atoms with van der Waals surface area (Å²) >= 11 is 0. The van der Waals surface area contributed by atoms with Crippen molar-refractivity contribution in [2.45, 2.75) is 182 Å². The smallest absolute Gasteiger partial charge is 0.219 e. The molecule has 4 amide bonds. The molecule has 0 aliphatic rings. The van der Waals surface area contributed by atoms with Crippen LogP contribution in [0.4, 0.5) is 0 Å². The Hall–Kier alpha value is -3.60. The van der Waals surface area contributed by atoms with E-state index in [2.05, 4.69) is 42.5 Å². The van der Waals surface area contributed by atoms with Crippen LogP contribution in [0.3, 0.4) is 0 Å². The van der Waals surface area contributed by atoms with E-state index in [0.29, 0.717) is 51.9 Å². The van der Waals surface area contributed by atoms with Gasteiger partial charge >= 0.3 is 0 Å². The maximum Gasteiger partial charge on any atom is 0.219 e. The topological polar surface area (TPSA) is 233 Å². The summed E-state index contributed by atoms with van der Waals surface area (Å²) in [6, 6.07) is -0.141. The monoisotopic (exact) mass is 857 g/mol. The van der Waals surface area contributed by atoms with Gasteiger partial charge < -0.3 is 42.5 Å².